The summed E-state index contributed by atoms with van der Waals surface area (Å²) in [5.74, 6) is -0.676. The fraction of sp³-hybridized carbons (Fsp3) is 0.227. The van der Waals surface area contributed by atoms with E-state index in [2.05, 4.69) is 5.32 Å². The quantitative estimate of drug-likeness (QED) is 0.323. The molecular weight excluding hydrogens is 429 g/mol. The average Bonchev–Trinajstić information content (AvgIpc) is 2.71. The Balaban J connectivity index is 1.50. The van der Waals surface area contributed by atoms with Crippen molar-refractivity contribution in [1.82, 2.24) is 5.32 Å². The van der Waals surface area contributed by atoms with Gasteiger partial charge < -0.3 is 14.5 Å². The minimum Gasteiger partial charge on any atom is -0.461 e. The van der Waals surface area contributed by atoms with Gasteiger partial charge in [-0.2, -0.15) is 0 Å². The standard InChI is InChI=1S/C22H19Cl2NO5/c1-13-9-19-17(11-18(13)24)15(10-21(27)30-19)12-29-20(26)3-2-8-25-22(28)14-4-6-16(23)7-5-14/h4-7,9-11H,2-3,8,12H2,1H3,(H,25,28). The highest BCUT2D eigenvalue weighted by atomic mass is 35.5. The van der Waals surface area contributed by atoms with Gasteiger partial charge in [0.2, 0.25) is 0 Å². The van der Waals surface area contributed by atoms with Crippen molar-refractivity contribution < 1.29 is 18.7 Å². The van der Waals surface area contributed by atoms with E-state index in [1.165, 1.54) is 6.07 Å². The molecule has 30 heavy (non-hydrogen) atoms. The number of rotatable bonds is 7. The zero-order valence-electron chi connectivity index (χ0n) is 16.2. The van der Waals surface area contributed by atoms with Gasteiger partial charge in [0.15, 0.2) is 0 Å². The minimum absolute atomic E-state index is 0.0720. The minimum atomic E-state index is -0.528. The first-order valence-corrected chi connectivity index (χ1v) is 10.0. The molecule has 3 rings (SSSR count). The van der Waals surface area contributed by atoms with E-state index in [0.29, 0.717) is 45.1 Å². The third kappa shape index (κ3) is 5.62. The summed E-state index contributed by atoms with van der Waals surface area (Å²) in [4.78, 5) is 35.8. The van der Waals surface area contributed by atoms with Crippen LogP contribution < -0.4 is 10.9 Å². The third-order valence-corrected chi connectivity index (χ3v) is 5.11. The molecule has 156 valence electrons. The summed E-state index contributed by atoms with van der Waals surface area (Å²) in [5, 5.41) is 4.43. The monoisotopic (exact) mass is 447 g/mol. The van der Waals surface area contributed by atoms with Crippen LogP contribution in [0.15, 0.2) is 51.7 Å². The number of nitrogens with one attached hydrogen (secondary N) is 1. The second-order valence-electron chi connectivity index (χ2n) is 6.72. The van der Waals surface area contributed by atoms with Crippen molar-refractivity contribution in [2.75, 3.05) is 6.54 Å². The molecule has 1 amide bonds. The molecule has 8 heteroatoms. The molecule has 0 atom stereocenters. The Bertz CT molecular complexity index is 1140. The van der Waals surface area contributed by atoms with Crippen molar-refractivity contribution >= 4 is 46.0 Å². The molecule has 0 aliphatic carbocycles. The summed E-state index contributed by atoms with van der Waals surface area (Å²) in [6, 6.07) is 11.2. The molecule has 0 bridgehead atoms. The second kappa shape index (κ2) is 9.78. The van der Waals surface area contributed by atoms with Crippen molar-refractivity contribution in [1.29, 1.82) is 0 Å². The van der Waals surface area contributed by atoms with Crippen LogP contribution in [0.25, 0.3) is 11.0 Å². The highest BCUT2D eigenvalue weighted by Crippen LogP contribution is 2.25. The van der Waals surface area contributed by atoms with E-state index in [1.54, 1.807) is 43.3 Å². The largest absolute Gasteiger partial charge is 0.461 e. The normalized spacial score (nSPS) is 10.8. The predicted molar refractivity (Wildman–Crippen MR) is 115 cm³/mol. The van der Waals surface area contributed by atoms with Gasteiger partial charge >= 0.3 is 11.6 Å². The number of carbonyl (C=O) groups excluding carboxylic acids is 2. The van der Waals surface area contributed by atoms with Gasteiger partial charge in [-0.1, -0.05) is 23.2 Å². The molecular formula is C22H19Cl2NO5. The van der Waals surface area contributed by atoms with E-state index in [0.717, 1.165) is 5.56 Å². The highest BCUT2D eigenvalue weighted by Gasteiger charge is 2.11. The lowest BCUT2D eigenvalue weighted by molar-refractivity contribution is -0.145. The summed E-state index contributed by atoms with van der Waals surface area (Å²) >= 11 is 12.0. The lowest BCUT2D eigenvalue weighted by Crippen LogP contribution is -2.25. The first kappa shape index (κ1) is 21.9. The van der Waals surface area contributed by atoms with Crippen molar-refractivity contribution in [3.63, 3.8) is 0 Å². The Kier molecular flexibility index (Phi) is 7.13. The molecule has 0 saturated heterocycles. The molecule has 0 radical (unpaired) electrons. The Labute approximate surface area is 182 Å². The van der Waals surface area contributed by atoms with Crippen molar-refractivity contribution in [3.05, 3.63) is 79.6 Å². The van der Waals surface area contributed by atoms with Crippen LogP contribution in [-0.4, -0.2) is 18.4 Å². The molecule has 3 aromatic rings. The van der Waals surface area contributed by atoms with Crippen LogP contribution in [0.1, 0.15) is 34.3 Å². The summed E-state index contributed by atoms with van der Waals surface area (Å²) in [5.41, 5.74) is 1.65. The lowest BCUT2D eigenvalue weighted by atomic mass is 10.1. The summed E-state index contributed by atoms with van der Waals surface area (Å²) < 4.78 is 10.5. The second-order valence-corrected chi connectivity index (χ2v) is 7.56. The van der Waals surface area contributed by atoms with Crippen molar-refractivity contribution in [3.8, 4) is 0 Å². The van der Waals surface area contributed by atoms with E-state index in [1.807, 2.05) is 0 Å². The van der Waals surface area contributed by atoms with Crippen LogP contribution in [-0.2, 0) is 16.1 Å². The Hall–Kier alpha value is -2.83. The Morgan fingerprint density at radius 2 is 1.83 bits per heavy atom. The molecule has 1 aromatic heterocycles. The van der Waals surface area contributed by atoms with Crippen molar-refractivity contribution in [2.45, 2.75) is 26.4 Å². The predicted octanol–water partition coefficient (Wildman–Crippen LogP) is 4.66. The first-order chi connectivity index (χ1) is 14.3. The topological polar surface area (TPSA) is 85.6 Å². The summed E-state index contributed by atoms with van der Waals surface area (Å²) in [6.45, 7) is 2.06. The number of hydrogen-bond acceptors (Lipinski definition) is 5. The molecule has 0 fully saturated rings. The Morgan fingerprint density at radius 3 is 2.57 bits per heavy atom. The maximum atomic E-state index is 12.0. The maximum Gasteiger partial charge on any atom is 0.336 e. The van der Waals surface area contributed by atoms with Crippen LogP contribution in [0, 0.1) is 6.92 Å². The number of carbonyl (C=O) groups is 2. The molecule has 1 N–H and O–H groups in total. The molecule has 0 unspecified atom stereocenters. The van der Waals surface area contributed by atoms with Gasteiger partial charge in [0.1, 0.15) is 12.2 Å². The van der Waals surface area contributed by atoms with Crippen LogP contribution in [0.3, 0.4) is 0 Å². The molecule has 0 spiro atoms. The number of halogens is 2. The first-order valence-electron chi connectivity index (χ1n) is 9.26. The van der Waals surface area contributed by atoms with Crippen LogP contribution >= 0.6 is 23.2 Å². The number of benzene rings is 2. The van der Waals surface area contributed by atoms with E-state index >= 15 is 0 Å². The van der Waals surface area contributed by atoms with Gasteiger partial charge in [0.25, 0.3) is 5.91 Å². The third-order valence-electron chi connectivity index (χ3n) is 4.45. The Morgan fingerprint density at radius 1 is 1.10 bits per heavy atom. The van der Waals surface area contributed by atoms with Crippen LogP contribution in [0.5, 0.6) is 0 Å². The van der Waals surface area contributed by atoms with Gasteiger partial charge in [-0.3, -0.25) is 9.59 Å². The zero-order chi connectivity index (χ0) is 21.7. The van der Waals surface area contributed by atoms with Gasteiger partial charge in [-0.25, -0.2) is 4.79 Å². The molecule has 2 aromatic carbocycles. The molecule has 0 saturated carbocycles. The van der Waals surface area contributed by atoms with Crippen molar-refractivity contribution in [2.24, 2.45) is 0 Å². The van der Waals surface area contributed by atoms with Gasteiger partial charge in [-0.05, 0) is 55.3 Å². The molecule has 0 aliphatic rings. The highest BCUT2D eigenvalue weighted by molar-refractivity contribution is 6.32. The number of aryl methyl sites for hydroxylation is 1. The number of ether oxygens (including phenoxy) is 1. The average molecular weight is 448 g/mol. The van der Waals surface area contributed by atoms with Crippen LogP contribution in [0.2, 0.25) is 10.0 Å². The van der Waals surface area contributed by atoms with Gasteiger partial charge in [0, 0.05) is 45.6 Å². The zero-order valence-corrected chi connectivity index (χ0v) is 17.7. The molecule has 6 nitrogen and oxygen atoms in total. The molecule has 1 heterocycles. The number of esters is 1. The lowest BCUT2D eigenvalue weighted by Gasteiger charge is -2.09. The number of amides is 1. The summed E-state index contributed by atoms with van der Waals surface area (Å²) in [6.07, 6.45) is 0.543. The van der Waals surface area contributed by atoms with E-state index < -0.39 is 11.6 Å². The van der Waals surface area contributed by atoms with Gasteiger partial charge in [-0.15, -0.1) is 0 Å². The van der Waals surface area contributed by atoms with E-state index in [-0.39, 0.29) is 18.9 Å². The van der Waals surface area contributed by atoms with Gasteiger partial charge in [0.05, 0.1) is 0 Å². The number of hydrogen-bond donors (Lipinski definition) is 1. The smallest absolute Gasteiger partial charge is 0.336 e. The maximum absolute atomic E-state index is 12.0. The molecule has 0 aliphatic heterocycles. The number of fused-ring (bicyclic) bond motifs is 1. The van der Waals surface area contributed by atoms with E-state index in [9.17, 15) is 14.4 Å². The SMILES string of the molecule is Cc1cc2oc(=O)cc(COC(=O)CCCNC(=O)c3ccc(Cl)cc3)c2cc1Cl. The fourth-order valence-corrected chi connectivity index (χ4v) is 3.13. The fourth-order valence-electron chi connectivity index (χ4n) is 2.84. The summed E-state index contributed by atoms with van der Waals surface area (Å²) in [7, 11) is 0. The van der Waals surface area contributed by atoms with Crippen LogP contribution in [0.4, 0.5) is 0 Å². The van der Waals surface area contributed by atoms with E-state index in [4.69, 9.17) is 32.4 Å².